The Bertz CT molecular complexity index is 422. The topological polar surface area (TPSA) is 49.0 Å². The molecule has 0 aliphatic carbocycles. The van der Waals surface area contributed by atoms with Crippen LogP contribution in [0.2, 0.25) is 0 Å². The molecule has 1 aromatic rings. The van der Waals surface area contributed by atoms with Crippen molar-refractivity contribution >= 4 is 5.91 Å². The Morgan fingerprint density at radius 3 is 3.00 bits per heavy atom. The van der Waals surface area contributed by atoms with Crippen molar-refractivity contribution in [3.63, 3.8) is 0 Å². The summed E-state index contributed by atoms with van der Waals surface area (Å²) in [5.41, 5.74) is 1.53. The molecule has 1 amide bonds. The zero-order valence-corrected chi connectivity index (χ0v) is 10.4. The molecule has 2 rings (SSSR count). The number of likely N-dealkylation sites (tertiary alicyclic amines) is 1. The van der Waals surface area contributed by atoms with Gasteiger partial charge in [-0.3, -0.25) is 9.89 Å². The van der Waals surface area contributed by atoms with Crippen molar-refractivity contribution in [1.29, 1.82) is 0 Å². The predicted octanol–water partition coefficient (Wildman–Crippen LogP) is 2.18. The van der Waals surface area contributed by atoms with Crippen LogP contribution in [-0.4, -0.2) is 34.1 Å². The van der Waals surface area contributed by atoms with Gasteiger partial charge in [-0.25, -0.2) is 0 Å². The number of hydrogen-bond acceptors (Lipinski definition) is 2. The molecule has 1 aliphatic rings. The minimum absolute atomic E-state index is 0.0498. The Morgan fingerprint density at radius 2 is 2.47 bits per heavy atom. The molecule has 2 heterocycles. The average molecular weight is 233 g/mol. The number of carbonyl (C=O) groups is 1. The molecule has 1 saturated heterocycles. The molecule has 17 heavy (non-hydrogen) atoms. The van der Waals surface area contributed by atoms with Crippen molar-refractivity contribution < 1.29 is 4.79 Å². The Kier molecular flexibility index (Phi) is 3.31. The molecule has 0 radical (unpaired) electrons. The summed E-state index contributed by atoms with van der Waals surface area (Å²) >= 11 is 0. The van der Waals surface area contributed by atoms with Crippen molar-refractivity contribution in [2.75, 3.05) is 13.1 Å². The number of aromatic amines is 1. The number of H-pyrrole nitrogens is 1. The first-order chi connectivity index (χ1) is 8.11. The van der Waals surface area contributed by atoms with Gasteiger partial charge in [0.05, 0.1) is 5.69 Å². The van der Waals surface area contributed by atoms with Crippen LogP contribution in [0.3, 0.4) is 0 Å². The molecular formula is C13H19N3O. The van der Waals surface area contributed by atoms with Crippen LogP contribution in [-0.2, 0) is 0 Å². The van der Waals surface area contributed by atoms with Crippen LogP contribution in [0.15, 0.2) is 18.7 Å². The van der Waals surface area contributed by atoms with Crippen molar-refractivity contribution in [2.24, 2.45) is 5.92 Å². The van der Waals surface area contributed by atoms with Gasteiger partial charge in [0.25, 0.3) is 5.91 Å². The Hall–Kier alpha value is -1.58. The third-order valence-corrected chi connectivity index (χ3v) is 3.26. The van der Waals surface area contributed by atoms with Crippen molar-refractivity contribution in [3.8, 4) is 0 Å². The highest BCUT2D eigenvalue weighted by atomic mass is 16.2. The highest BCUT2D eigenvalue weighted by Crippen LogP contribution is 2.20. The second-order valence-corrected chi connectivity index (χ2v) is 4.90. The molecule has 4 nitrogen and oxygen atoms in total. The van der Waals surface area contributed by atoms with E-state index >= 15 is 0 Å². The van der Waals surface area contributed by atoms with Gasteiger partial charge in [0.1, 0.15) is 5.69 Å². The molecular weight excluding hydrogens is 214 g/mol. The van der Waals surface area contributed by atoms with Gasteiger partial charge in [-0.15, -0.1) is 6.58 Å². The van der Waals surface area contributed by atoms with Crippen LogP contribution in [0, 0.1) is 5.92 Å². The van der Waals surface area contributed by atoms with Gasteiger partial charge in [0.2, 0.25) is 0 Å². The molecule has 1 atom stereocenters. The Labute approximate surface area is 102 Å². The van der Waals surface area contributed by atoms with E-state index in [0.29, 0.717) is 17.5 Å². The van der Waals surface area contributed by atoms with E-state index in [0.717, 1.165) is 25.2 Å². The lowest BCUT2D eigenvalue weighted by molar-refractivity contribution is 0.0783. The smallest absolute Gasteiger partial charge is 0.271 e. The fourth-order valence-electron chi connectivity index (χ4n) is 2.08. The lowest BCUT2D eigenvalue weighted by atomic mass is 10.1. The van der Waals surface area contributed by atoms with Crippen LogP contribution in [0.5, 0.6) is 0 Å². The summed E-state index contributed by atoms with van der Waals surface area (Å²) in [5.74, 6) is 0.826. The van der Waals surface area contributed by atoms with Gasteiger partial charge in [0, 0.05) is 13.1 Å². The molecule has 4 heteroatoms. The molecule has 0 bridgehead atoms. The summed E-state index contributed by atoms with van der Waals surface area (Å²) in [7, 11) is 0. The second kappa shape index (κ2) is 4.73. The number of nitrogens with one attached hydrogen (secondary N) is 1. The number of hydrogen-bond donors (Lipinski definition) is 1. The van der Waals surface area contributed by atoms with E-state index in [9.17, 15) is 4.79 Å². The van der Waals surface area contributed by atoms with Crippen LogP contribution < -0.4 is 0 Å². The molecule has 1 aliphatic heterocycles. The first-order valence-electron chi connectivity index (χ1n) is 6.09. The normalized spacial score (nSPS) is 19.9. The fraction of sp³-hybridized carbons (Fsp3) is 0.538. The van der Waals surface area contributed by atoms with Crippen LogP contribution in [0.4, 0.5) is 0 Å². The molecule has 0 unspecified atom stereocenters. The minimum Gasteiger partial charge on any atom is -0.337 e. The number of rotatable bonds is 3. The molecule has 1 N–H and O–H groups in total. The predicted molar refractivity (Wildman–Crippen MR) is 66.9 cm³/mol. The number of nitrogens with zero attached hydrogens (tertiary/aromatic N) is 2. The highest BCUT2D eigenvalue weighted by molar-refractivity contribution is 5.92. The van der Waals surface area contributed by atoms with Gasteiger partial charge in [-0.05, 0) is 24.3 Å². The quantitative estimate of drug-likeness (QED) is 0.813. The largest absolute Gasteiger partial charge is 0.337 e. The van der Waals surface area contributed by atoms with Crippen LogP contribution >= 0.6 is 0 Å². The lowest BCUT2D eigenvalue weighted by Gasteiger charge is -2.14. The molecule has 0 saturated carbocycles. The molecule has 0 aromatic carbocycles. The zero-order valence-electron chi connectivity index (χ0n) is 10.4. The summed E-state index contributed by atoms with van der Waals surface area (Å²) in [5, 5.41) is 6.98. The van der Waals surface area contributed by atoms with E-state index in [1.165, 1.54) is 0 Å². The lowest BCUT2D eigenvalue weighted by Crippen LogP contribution is -2.28. The van der Waals surface area contributed by atoms with E-state index in [1.807, 2.05) is 17.0 Å². The van der Waals surface area contributed by atoms with Gasteiger partial charge in [-0.1, -0.05) is 19.9 Å². The Morgan fingerprint density at radius 1 is 1.71 bits per heavy atom. The van der Waals surface area contributed by atoms with Crippen molar-refractivity contribution in [3.05, 3.63) is 30.1 Å². The van der Waals surface area contributed by atoms with Gasteiger partial charge >= 0.3 is 0 Å². The van der Waals surface area contributed by atoms with Crippen molar-refractivity contribution in [2.45, 2.75) is 26.2 Å². The second-order valence-electron chi connectivity index (χ2n) is 4.90. The first kappa shape index (κ1) is 11.9. The molecule has 1 aromatic heterocycles. The SMILES string of the molecule is C=C[C@H]1CCN(C(=O)c2cc(C(C)C)n[nH]2)C1. The van der Waals surface area contributed by atoms with Crippen molar-refractivity contribution in [1.82, 2.24) is 15.1 Å². The van der Waals surface area contributed by atoms with E-state index < -0.39 is 0 Å². The average Bonchev–Trinajstić information content (AvgIpc) is 2.97. The third kappa shape index (κ3) is 2.40. The maximum absolute atomic E-state index is 12.2. The maximum atomic E-state index is 12.2. The number of aromatic nitrogens is 2. The van der Waals surface area contributed by atoms with Gasteiger partial charge in [-0.2, -0.15) is 5.10 Å². The van der Waals surface area contributed by atoms with Crippen LogP contribution in [0.25, 0.3) is 0 Å². The zero-order chi connectivity index (χ0) is 12.4. The molecule has 92 valence electrons. The summed E-state index contributed by atoms with van der Waals surface area (Å²) in [6.45, 7) is 9.49. The minimum atomic E-state index is 0.0498. The van der Waals surface area contributed by atoms with E-state index in [1.54, 1.807) is 0 Å². The molecule has 1 fully saturated rings. The summed E-state index contributed by atoms with van der Waals surface area (Å²) < 4.78 is 0. The summed E-state index contributed by atoms with van der Waals surface area (Å²) in [4.78, 5) is 14.0. The van der Waals surface area contributed by atoms with Gasteiger partial charge in [0.15, 0.2) is 0 Å². The summed E-state index contributed by atoms with van der Waals surface area (Å²) in [6, 6.07) is 1.86. The van der Waals surface area contributed by atoms with E-state index in [2.05, 4.69) is 30.6 Å². The number of carbonyl (C=O) groups excluding carboxylic acids is 1. The third-order valence-electron chi connectivity index (χ3n) is 3.26. The number of amides is 1. The standard InChI is InChI=1S/C13H19N3O/c1-4-10-5-6-16(8-10)13(17)12-7-11(9(2)3)14-15-12/h4,7,9-10H,1,5-6,8H2,2-3H3,(H,14,15)/t10-/m0/s1. The fourth-order valence-corrected chi connectivity index (χ4v) is 2.08. The van der Waals surface area contributed by atoms with Gasteiger partial charge < -0.3 is 4.90 Å². The molecule has 0 spiro atoms. The Balaban J connectivity index is 2.07. The highest BCUT2D eigenvalue weighted by Gasteiger charge is 2.26. The first-order valence-corrected chi connectivity index (χ1v) is 6.09. The monoisotopic (exact) mass is 233 g/mol. The van der Waals surface area contributed by atoms with E-state index in [-0.39, 0.29) is 5.91 Å². The summed E-state index contributed by atoms with van der Waals surface area (Å²) in [6.07, 6.45) is 2.94. The van der Waals surface area contributed by atoms with Crippen LogP contribution in [0.1, 0.15) is 42.4 Å². The van der Waals surface area contributed by atoms with E-state index in [4.69, 9.17) is 0 Å². The maximum Gasteiger partial charge on any atom is 0.271 e.